The number of fused-ring (bicyclic) bond motifs is 3. The van der Waals surface area contributed by atoms with Gasteiger partial charge in [-0.1, -0.05) is 17.3 Å². The van der Waals surface area contributed by atoms with Crippen LogP contribution >= 0.6 is 0 Å². The highest BCUT2D eigenvalue weighted by Crippen LogP contribution is 2.40. The smallest absolute Gasteiger partial charge is 0.275 e. The van der Waals surface area contributed by atoms with E-state index < -0.39 is 0 Å². The molecule has 8 nitrogen and oxygen atoms in total. The molecule has 4 heterocycles. The number of nitrogens with one attached hydrogen (secondary N) is 1. The average molecular weight is 372 g/mol. The van der Waals surface area contributed by atoms with E-state index in [1.807, 2.05) is 34.9 Å². The molecular weight excluding hydrogens is 356 g/mol. The summed E-state index contributed by atoms with van der Waals surface area (Å²) in [4.78, 5) is 27.0. The van der Waals surface area contributed by atoms with Crippen molar-refractivity contribution < 1.29 is 9.32 Å². The van der Waals surface area contributed by atoms with Crippen molar-refractivity contribution in [1.29, 1.82) is 0 Å². The van der Waals surface area contributed by atoms with Crippen LogP contribution in [0.2, 0.25) is 0 Å². The van der Waals surface area contributed by atoms with Crippen molar-refractivity contribution >= 4 is 11.6 Å². The van der Waals surface area contributed by atoms with E-state index in [2.05, 4.69) is 20.1 Å². The zero-order valence-electron chi connectivity index (χ0n) is 14.9. The molecule has 1 aliphatic heterocycles. The van der Waals surface area contributed by atoms with E-state index >= 15 is 0 Å². The number of benzene rings is 1. The number of imidazole rings is 1. The number of amides is 1. The third-order valence-electron chi connectivity index (χ3n) is 5.26. The van der Waals surface area contributed by atoms with Gasteiger partial charge in [-0.05, 0) is 37.1 Å². The topological polar surface area (TPSA) is 92.8 Å². The summed E-state index contributed by atoms with van der Waals surface area (Å²) in [7, 11) is 0. The zero-order valence-corrected chi connectivity index (χ0v) is 14.9. The first kappa shape index (κ1) is 15.4. The number of H-pyrrole nitrogens is 1. The Balaban J connectivity index is 1.47. The first-order chi connectivity index (χ1) is 13.8. The third kappa shape index (κ3) is 2.24. The van der Waals surface area contributed by atoms with E-state index in [9.17, 15) is 4.79 Å². The average Bonchev–Trinajstić information content (AvgIpc) is 3.16. The molecule has 1 N–H and O–H groups in total. The van der Waals surface area contributed by atoms with Crippen molar-refractivity contribution in [2.24, 2.45) is 0 Å². The number of nitrogens with zero attached hydrogens (tertiary/aromatic N) is 5. The number of hydrogen-bond donors (Lipinski definition) is 1. The van der Waals surface area contributed by atoms with Crippen molar-refractivity contribution in [2.45, 2.75) is 25.3 Å². The lowest BCUT2D eigenvalue weighted by Crippen LogP contribution is -2.35. The van der Waals surface area contributed by atoms with Crippen LogP contribution in [0.1, 0.15) is 40.8 Å². The van der Waals surface area contributed by atoms with Gasteiger partial charge in [0.2, 0.25) is 11.7 Å². The highest BCUT2D eigenvalue weighted by molar-refractivity contribution is 6.06. The Morgan fingerprint density at radius 2 is 2.00 bits per heavy atom. The molecule has 0 bridgehead atoms. The van der Waals surface area contributed by atoms with Gasteiger partial charge in [-0.25, -0.2) is 4.98 Å². The van der Waals surface area contributed by atoms with Gasteiger partial charge in [-0.3, -0.25) is 14.3 Å². The molecule has 3 aromatic heterocycles. The molecule has 0 atom stereocenters. The molecule has 0 saturated heterocycles. The highest BCUT2D eigenvalue weighted by atomic mass is 16.5. The van der Waals surface area contributed by atoms with Crippen LogP contribution in [0, 0.1) is 0 Å². The Hall–Kier alpha value is -3.68. The van der Waals surface area contributed by atoms with Crippen molar-refractivity contribution in [1.82, 2.24) is 24.7 Å². The van der Waals surface area contributed by atoms with Gasteiger partial charge < -0.3 is 9.51 Å². The largest absolute Gasteiger partial charge is 0.357 e. The second-order valence-corrected chi connectivity index (χ2v) is 7.10. The van der Waals surface area contributed by atoms with Crippen molar-refractivity contribution in [3.8, 4) is 17.2 Å². The summed E-state index contributed by atoms with van der Waals surface area (Å²) in [5.74, 6) is 1.43. The summed E-state index contributed by atoms with van der Waals surface area (Å²) in [6.45, 7) is 0.373. The van der Waals surface area contributed by atoms with E-state index in [4.69, 9.17) is 4.52 Å². The SMILES string of the molecule is O=C(c1ccc[nH]1)N1Cc2c(-c3noc(C4CC4)n3)ncn2-c2ccccc21. The number of aromatic amines is 1. The van der Waals surface area contributed by atoms with Crippen LogP contribution in [-0.4, -0.2) is 30.6 Å². The molecule has 1 saturated carbocycles. The lowest BCUT2D eigenvalue weighted by molar-refractivity contribution is 0.0979. The molecule has 28 heavy (non-hydrogen) atoms. The standard InChI is InChI=1S/C20H16N6O2/c27-20(13-4-3-9-21-13)25-10-16-17(18-23-19(28-24-18)12-7-8-12)22-11-26(16)15-6-2-1-5-14(15)25/h1-6,9,11-12,21H,7-8,10H2. The molecule has 138 valence electrons. The number of hydrogen-bond acceptors (Lipinski definition) is 5. The molecule has 1 amide bonds. The Kier molecular flexibility index (Phi) is 3.11. The van der Waals surface area contributed by atoms with Gasteiger partial charge >= 0.3 is 0 Å². The molecule has 2 aliphatic rings. The van der Waals surface area contributed by atoms with Gasteiger partial charge in [0.25, 0.3) is 5.91 Å². The van der Waals surface area contributed by atoms with E-state index in [0.717, 1.165) is 29.9 Å². The molecule has 1 fully saturated rings. The molecule has 8 heteroatoms. The minimum atomic E-state index is -0.0948. The van der Waals surface area contributed by atoms with E-state index in [0.29, 0.717) is 35.6 Å². The normalized spacial score (nSPS) is 15.4. The van der Waals surface area contributed by atoms with Crippen molar-refractivity contribution in [2.75, 3.05) is 4.90 Å². The maximum atomic E-state index is 13.1. The highest BCUT2D eigenvalue weighted by Gasteiger charge is 2.33. The number of anilines is 1. The molecule has 1 aromatic carbocycles. The van der Waals surface area contributed by atoms with Crippen LogP contribution < -0.4 is 4.90 Å². The number of para-hydroxylation sites is 2. The summed E-state index contributed by atoms with van der Waals surface area (Å²) in [6.07, 6.45) is 5.69. The summed E-state index contributed by atoms with van der Waals surface area (Å²) in [5, 5.41) is 4.13. The minimum absolute atomic E-state index is 0.0948. The van der Waals surface area contributed by atoms with Gasteiger partial charge in [0.15, 0.2) is 0 Å². The molecule has 0 spiro atoms. The minimum Gasteiger partial charge on any atom is -0.357 e. The Morgan fingerprint density at radius 1 is 1.14 bits per heavy atom. The van der Waals surface area contributed by atoms with Crippen LogP contribution in [-0.2, 0) is 6.54 Å². The molecule has 6 rings (SSSR count). The van der Waals surface area contributed by atoms with Gasteiger partial charge in [0, 0.05) is 12.1 Å². The number of rotatable bonds is 3. The zero-order chi connectivity index (χ0) is 18.7. The molecular formula is C20H16N6O2. The van der Waals surface area contributed by atoms with E-state index in [1.54, 1.807) is 23.5 Å². The van der Waals surface area contributed by atoms with Crippen LogP contribution in [0.25, 0.3) is 17.2 Å². The predicted molar refractivity (Wildman–Crippen MR) is 100 cm³/mol. The fourth-order valence-electron chi connectivity index (χ4n) is 3.67. The molecule has 4 aromatic rings. The van der Waals surface area contributed by atoms with Gasteiger partial charge in [0.05, 0.1) is 23.6 Å². The second kappa shape index (κ2) is 5.66. The Bertz CT molecular complexity index is 1190. The fraction of sp³-hybridized carbons (Fsp3) is 0.200. The first-order valence-electron chi connectivity index (χ1n) is 9.24. The number of aromatic nitrogens is 5. The Labute approximate surface area is 159 Å². The Morgan fingerprint density at radius 3 is 2.79 bits per heavy atom. The second-order valence-electron chi connectivity index (χ2n) is 7.10. The van der Waals surface area contributed by atoms with Gasteiger partial charge in [0.1, 0.15) is 17.7 Å². The predicted octanol–water partition coefficient (Wildman–Crippen LogP) is 3.29. The maximum Gasteiger partial charge on any atom is 0.275 e. The van der Waals surface area contributed by atoms with Gasteiger partial charge in [-0.2, -0.15) is 4.98 Å². The summed E-state index contributed by atoms with van der Waals surface area (Å²) >= 11 is 0. The van der Waals surface area contributed by atoms with Crippen LogP contribution in [0.5, 0.6) is 0 Å². The van der Waals surface area contributed by atoms with Crippen LogP contribution in [0.15, 0.2) is 53.4 Å². The molecule has 0 radical (unpaired) electrons. The maximum absolute atomic E-state index is 13.1. The lowest BCUT2D eigenvalue weighted by atomic mass is 10.1. The lowest BCUT2D eigenvalue weighted by Gasteiger charge is -2.30. The summed E-state index contributed by atoms with van der Waals surface area (Å²) in [6, 6.07) is 11.4. The fourth-order valence-corrected chi connectivity index (χ4v) is 3.67. The van der Waals surface area contributed by atoms with E-state index in [1.165, 1.54) is 0 Å². The number of carbonyl (C=O) groups is 1. The number of carbonyl (C=O) groups excluding carboxylic acids is 1. The van der Waals surface area contributed by atoms with Crippen molar-refractivity contribution in [3.05, 3.63) is 66.2 Å². The molecule has 0 unspecified atom stereocenters. The van der Waals surface area contributed by atoms with Gasteiger partial charge in [-0.15, -0.1) is 0 Å². The van der Waals surface area contributed by atoms with Crippen LogP contribution in [0.4, 0.5) is 5.69 Å². The quantitative estimate of drug-likeness (QED) is 0.596. The van der Waals surface area contributed by atoms with E-state index in [-0.39, 0.29) is 5.91 Å². The monoisotopic (exact) mass is 372 g/mol. The summed E-state index contributed by atoms with van der Waals surface area (Å²) in [5.41, 5.74) is 3.79. The van der Waals surface area contributed by atoms with Crippen molar-refractivity contribution in [3.63, 3.8) is 0 Å². The van der Waals surface area contributed by atoms with Crippen LogP contribution in [0.3, 0.4) is 0 Å². The third-order valence-corrected chi connectivity index (χ3v) is 5.26. The first-order valence-corrected chi connectivity index (χ1v) is 9.24. The summed E-state index contributed by atoms with van der Waals surface area (Å²) < 4.78 is 7.41. The molecule has 1 aliphatic carbocycles.